The van der Waals surface area contributed by atoms with E-state index in [-0.39, 0.29) is 11.8 Å². The number of hydrogen-bond donors (Lipinski definition) is 3. The Labute approximate surface area is 116 Å². The van der Waals surface area contributed by atoms with Crippen molar-refractivity contribution in [3.05, 3.63) is 47.5 Å². The number of nitrogens with one attached hydrogen (secondary N) is 3. The molecule has 0 aliphatic heterocycles. The van der Waals surface area contributed by atoms with Crippen LogP contribution in [0, 0.1) is 6.92 Å². The van der Waals surface area contributed by atoms with E-state index in [2.05, 4.69) is 20.6 Å². The maximum atomic E-state index is 11.9. The zero-order valence-corrected chi connectivity index (χ0v) is 11.4. The molecule has 0 spiro atoms. The molecule has 6 nitrogen and oxygen atoms in total. The predicted octanol–water partition coefficient (Wildman–Crippen LogP) is 1.72. The summed E-state index contributed by atoms with van der Waals surface area (Å²) in [6.45, 7) is 4.22. The first kappa shape index (κ1) is 13.8. The minimum absolute atomic E-state index is 0.130. The summed E-state index contributed by atoms with van der Waals surface area (Å²) in [6.07, 6.45) is 1.48. The van der Waals surface area contributed by atoms with Crippen molar-refractivity contribution in [1.82, 2.24) is 15.3 Å². The molecular formula is C14H16N4O2. The van der Waals surface area contributed by atoms with E-state index < -0.39 is 0 Å². The first-order valence-electron chi connectivity index (χ1n) is 6.31. The van der Waals surface area contributed by atoms with Crippen LogP contribution >= 0.6 is 0 Å². The van der Waals surface area contributed by atoms with E-state index in [9.17, 15) is 9.59 Å². The molecule has 0 atom stereocenters. The van der Waals surface area contributed by atoms with E-state index in [0.717, 1.165) is 0 Å². The van der Waals surface area contributed by atoms with Crippen molar-refractivity contribution in [2.24, 2.45) is 0 Å². The minimum atomic E-state index is -0.267. The summed E-state index contributed by atoms with van der Waals surface area (Å²) in [5, 5.41) is 5.44. The molecule has 0 saturated carbocycles. The standard InChI is InChI=1S/C14H16N4O2/c1-3-15-13(19)10-4-6-11(7-5-10)18-14(20)12-8-16-9(2)17-12/h4-8H,3H2,1-2H3,(H,15,19)(H,16,17)(H,18,20). The van der Waals surface area contributed by atoms with E-state index in [4.69, 9.17) is 0 Å². The second-order valence-electron chi connectivity index (χ2n) is 4.27. The number of aromatic amines is 1. The SMILES string of the molecule is CCNC(=O)c1ccc(NC(=O)c2cnc(C)[nH]2)cc1. The third-order valence-corrected chi connectivity index (χ3v) is 2.69. The maximum Gasteiger partial charge on any atom is 0.273 e. The number of rotatable bonds is 4. The minimum Gasteiger partial charge on any atom is -0.352 e. The molecule has 2 aromatic rings. The van der Waals surface area contributed by atoms with Crippen LogP contribution in [0.15, 0.2) is 30.5 Å². The van der Waals surface area contributed by atoms with Gasteiger partial charge in [-0.3, -0.25) is 9.59 Å². The second-order valence-corrected chi connectivity index (χ2v) is 4.27. The molecule has 0 fully saturated rings. The number of carbonyl (C=O) groups excluding carboxylic acids is 2. The van der Waals surface area contributed by atoms with Crippen molar-refractivity contribution in [1.29, 1.82) is 0 Å². The fraction of sp³-hybridized carbons (Fsp3) is 0.214. The van der Waals surface area contributed by atoms with Gasteiger partial charge >= 0.3 is 0 Å². The number of benzene rings is 1. The molecule has 0 unspecified atom stereocenters. The highest BCUT2D eigenvalue weighted by Crippen LogP contribution is 2.11. The Kier molecular flexibility index (Phi) is 4.14. The Bertz CT molecular complexity index is 616. The lowest BCUT2D eigenvalue weighted by Gasteiger charge is -2.05. The van der Waals surface area contributed by atoms with Crippen LogP contribution in [0.25, 0.3) is 0 Å². The van der Waals surface area contributed by atoms with Crippen LogP contribution in [0.2, 0.25) is 0 Å². The van der Waals surface area contributed by atoms with Crippen LogP contribution in [0.3, 0.4) is 0 Å². The third-order valence-electron chi connectivity index (χ3n) is 2.69. The first-order chi connectivity index (χ1) is 9.60. The number of anilines is 1. The Hall–Kier alpha value is -2.63. The number of imidazole rings is 1. The van der Waals surface area contributed by atoms with Crippen LogP contribution in [-0.2, 0) is 0 Å². The smallest absolute Gasteiger partial charge is 0.273 e. The summed E-state index contributed by atoms with van der Waals surface area (Å²) < 4.78 is 0. The summed E-state index contributed by atoms with van der Waals surface area (Å²) in [6, 6.07) is 6.70. The summed E-state index contributed by atoms with van der Waals surface area (Å²) in [4.78, 5) is 30.3. The summed E-state index contributed by atoms with van der Waals surface area (Å²) in [5.74, 6) is 0.285. The van der Waals surface area contributed by atoms with Gasteiger partial charge in [0.05, 0.1) is 6.20 Å². The zero-order chi connectivity index (χ0) is 14.5. The van der Waals surface area contributed by atoms with Gasteiger partial charge in [-0.1, -0.05) is 0 Å². The Morgan fingerprint density at radius 3 is 2.45 bits per heavy atom. The van der Waals surface area contributed by atoms with E-state index in [1.807, 2.05) is 6.92 Å². The van der Waals surface area contributed by atoms with Crippen LogP contribution < -0.4 is 10.6 Å². The van der Waals surface area contributed by atoms with E-state index in [1.54, 1.807) is 31.2 Å². The van der Waals surface area contributed by atoms with Gasteiger partial charge in [-0.25, -0.2) is 4.98 Å². The average Bonchev–Trinajstić information content (AvgIpc) is 2.86. The summed E-state index contributed by atoms with van der Waals surface area (Å²) in [7, 11) is 0. The van der Waals surface area contributed by atoms with Gasteiger partial charge in [-0.15, -0.1) is 0 Å². The largest absolute Gasteiger partial charge is 0.352 e. The van der Waals surface area contributed by atoms with Crippen molar-refractivity contribution in [3.63, 3.8) is 0 Å². The van der Waals surface area contributed by atoms with Crippen LogP contribution in [-0.4, -0.2) is 28.3 Å². The molecule has 0 bridgehead atoms. The Morgan fingerprint density at radius 2 is 1.90 bits per heavy atom. The fourth-order valence-electron chi connectivity index (χ4n) is 1.70. The average molecular weight is 272 g/mol. The molecule has 1 aromatic carbocycles. The number of H-pyrrole nitrogens is 1. The molecule has 1 heterocycles. The third kappa shape index (κ3) is 3.23. The molecule has 20 heavy (non-hydrogen) atoms. The normalized spacial score (nSPS) is 10.1. The molecule has 0 radical (unpaired) electrons. The second kappa shape index (κ2) is 6.01. The lowest BCUT2D eigenvalue weighted by molar-refractivity contribution is 0.0955. The number of aryl methyl sites for hydroxylation is 1. The van der Waals surface area contributed by atoms with Gasteiger partial charge in [0, 0.05) is 17.8 Å². The van der Waals surface area contributed by atoms with Gasteiger partial charge in [0.15, 0.2) is 0 Å². The number of nitrogens with zero attached hydrogens (tertiary/aromatic N) is 1. The molecule has 6 heteroatoms. The molecule has 1 aromatic heterocycles. The Morgan fingerprint density at radius 1 is 1.20 bits per heavy atom. The molecule has 104 valence electrons. The maximum absolute atomic E-state index is 11.9. The molecule has 0 saturated heterocycles. The highest BCUT2D eigenvalue weighted by molar-refractivity contribution is 6.03. The topological polar surface area (TPSA) is 86.9 Å². The molecule has 3 N–H and O–H groups in total. The van der Waals surface area contributed by atoms with Crippen molar-refractivity contribution >= 4 is 17.5 Å². The van der Waals surface area contributed by atoms with Crippen molar-refractivity contribution in [3.8, 4) is 0 Å². The van der Waals surface area contributed by atoms with Gasteiger partial charge in [0.2, 0.25) is 0 Å². The number of amides is 2. The van der Waals surface area contributed by atoms with Crippen LogP contribution in [0.5, 0.6) is 0 Å². The molecule has 2 rings (SSSR count). The highest BCUT2D eigenvalue weighted by Gasteiger charge is 2.09. The predicted molar refractivity (Wildman–Crippen MR) is 75.7 cm³/mol. The highest BCUT2D eigenvalue weighted by atomic mass is 16.2. The molecule has 0 aliphatic carbocycles. The van der Waals surface area contributed by atoms with Gasteiger partial charge in [-0.05, 0) is 38.1 Å². The van der Waals surface area contributed by atoms with Crippen molar-refractivity contribution in [2.75, 3.05) is 11.9 Å². The quantitative estimate of drug-likeness (QED) is 0.792. The van der Waals surface area contributed by atoms with Gasteiger partial charge < -0.3 is 15.6 Å². The van der Waals surface area contributed by atoms with Crippen LogP contribution in [0.4, 0.5) is 5.69 Å². The monoisotopic (exact) mass is 272 g/mol. The molecule has 2 amide bonds. The van der Waals surface area contributed by atoms with E-state index in [1.165, 1.54) is 6.20 Å². The Balaban J connectivity index is 2.04. The lowest BCUT2D eigenvalue weighted by atomic mass is 10.2. The number of hydrogen-bond acceptors (Lipinski definition) is 3. The molecule has 0 aliphatic rings. The zero-order valence-electron chi connectivity index (χ0n) is 11.4. The van der Waals surface area contributed by atoms with Gasteiger partial charge in [-0.2, -0.15) is 0 Å². The van der Waals surface area contributed by atoms with Crippen molar-refractivity contribution < 1.29 is 9.59 Å². The van der Waals surface area contributed by atoms with Gasteiger partial charge in [0.1, 0.15) is 11.5 Å². The number of aromatic nitrogens is 2. The van der Waals surface area contributed by atoms with E-state index in [0.29, 0.717) is 29.3 Å². The van der Waals surface area contributed by atoms with Gasteiger partial charge in [0.25, 0.3) is 11.8 Å². The summed E-state index contributed by atoms with van der Waals surface area (Å²) in [5.41, 5.74) is 1.58. The van der Waals surface area contributed by atoms with Crippen LogP contribution in [0.1, 0.15) is 33.6 Å². The van der Waals surface area contributed by atoms with E-state index >= 15 is 0 Å². The lowest BCUT2D eigenvalue weighted by Crippen LogP contribution is -2.22. The number of carbonyl (C=O) groups is 2. The fourth-order valence-corrected chi connectivity index (χ4v) is 1.70. The van der Waals surface area contributed by atoms with Crippen molar-refractivity contribution in [2.45, 2.75) is 13.8 Å². The summed E-state index contributed by atoms with van der Waals surface area (Å²) >= 11 is 0. The first-order valence-corrected chi connectivity index (χ1v) is 6.31. The molecular weight excluding hydrogens is 256 g/mol.